The average molecular weight is 532 g/mol. The molecule has 0 fully saturated rings. The monoisotopic (exact) mass is 531 g/mol. The van der Waals surface area contributed by atoms with Crippen molar-refractivity contribution in [3.8, 4) is 11.8 Å². The van der Waals surface area contributed by atoms with E-state index < -0.39 is 17.9 Å². The minimum Gasteiger partial charge on any atom is -0.339 e. The Morgan fingerprint density at radius 2 is 1.53 bits per heavy atom. The summed E-state index contributed by atoms with van der Waals surface area (Å²) in [6.45, 7) is 0.646. The molecule has 0 saturated heterocycles. The number of rotatable bonds is 10. The Kier molecular flexibility index (Phi) is 10.9. The summed E-state index contributed by atoms with van der Waals surface area (Å²) in [5.41, 5.74) is 10.5. The van der Waals surface area contributed by atoms with Crippen LogP contribution < -0.4 is 27.2 Å². The lowest BCUT2D eigenvalue weighted by Gasteiger charge is -2.14. The molecular weight excluding hydrogens is 502 g/mol. The van der Waals surface area contributed by atoms with Gasteiger partial charge in [-0.15, -0.1) is 11.8 Å². The molecule has 1 atom stereocenters. The van der Waals surface area contributed by atoms with Gasteiger partial charge in [-0.05, 0) is 72.5 Å². The standard InChI is InChI=1S/C28H29N5O4S/c1-38-24-14-8-21(9-15-24)17-30-18-26(34)31-23-12-6-20(7-13-23)3-2-19-4-10-22(11-5-19)27(35)32-25(16-29)28(36)33-37/h4-15,25,30,37H,16-18,29H2,1H3,(H,31,34)(H,32,35)(H,33,36)/t25-/m0/s1. The maximum Gasteiger partial charge on any atom is 0.267 e. The molecule has 0 saturated carbocycles. The van der Waals surface area contributed by atoms with Gasteiger partial charge in [-0.1, -0.05) is 24.0 Å². The van der Waals surface area contributed by atoms with Crippen molar-refractivity contribution in [1.29, 1.82) is 0 Å². The number of hydrogen-bond acceptors (Lipinski definition) is 7. The quantitative estimate of drug-likeness (QED) is 0.102. The first-order valence-electron chi connectivity index (χ1n) is 11.7. The van der Waals surface area contributed by atoms with Crippen LogP contribution in [0.15, 0.2) is 77.7 Å². The van der Waals surface area contributed by atoms with E-state index in [2.05, 4.69) is 39.9 Å². The van der Waals surface area contributed by atoms with E-state index in [0.29, 0.717) is 23.4 Å². The smallest absolute Gasteiger partial charge is 0.267 e. The maximum atomic E-state index is 12.3. The van der Waals surface area contributed by atoms with Gasteiger partial charge in [0.1, 0.15) is 6.04 Å². The summed E-state index contributed by atoms with van der Waals surface area (Å²) in [5, 5.41) is 17.1. The van der Waals surface area contributed by atoms with Crippen LogP contribution in [-0.4, -0.2) is 48.3 Å². The van der Waals surface area contributed by atoms with Gasteiger partial charge in [-0.2, -0.15) is 0 Å². The highest BCUT2D eigenvalue weighted by atomic mass is 32.2. The lowest BCUT2D eigenvalue weighted by Crippen LogP contribution is -2.50. The third kappa shape index (κ3) is 8.76. The van der Waals surface area contributed by atoms with E-state index in [1.807, 2.05) is 30.5 Å². The number of carbonyl (C=O) groups excluding carboxylic acids is 3. The van der Waals surface area contributed by atoms with E-state index in [4.69, 9.17) is 10.9 Å². The Morgan fingerprint density at radius 1 is 0.921 bits per heavy atom. The first-order valence-corrected chi connectivity index (χ1v) is 12.9. The molecule has 0 unspecified atom stereocenters. The molecule has 38 heavy (non-hydrogen) atoms. The highest BCUT2D eigenvalue weighted by Gasteiger charge is 2.19. The summed E-state index contributed by atoms with van der Waals surface area (Å²) >= 11 is 1.69. The van der Waals surface area contributed by atoms with Crippen LogP contribution in [0.5, 0.6) is 0 Å². The lowest BCUT2D eigenvalue weighted by atomic mass is 10.1. The molecule has 3 amide bonds. The maximum absolute atomic E-state index is 12.3. The van der Waals surface area contributed by atoms with Gasteiger partial charge in [-0.25, -0.2) is 5.48 Å². The van der Waals surface area contributed by atoms with Crippen LogP contribution in [0.25, 0.3) is 0 Å². The number of hydroxylamine groups is 1. The van der Waals surface area contributed by atoms with Crippen LogP contribution in [0.2, 0.25) is 0 Å². The van der Waals surface area contributed by atoms with Crippen molar-refractivity contribution in [3.05, 3.63) is 95.1 Å². The fourth-order valence-electron chi connectivity index (χ4n) is 3.31. The summed E-state index contributed by atoms with van der Waals surface area (Å²) in [5.74, 6) is 4.63. The predicted molar refractivity (Wildman–Crippen MR) is 148 cm³/mol. The lowest BCUT2D eigenvalue weighted by molar-refractivity contribution is -0.130. The molecule has 3 aromatic carbocycles. The van der Waals surface area contributed by atoms with Crippen molar-refractivity contribution in [2.45, 2.75) is 17.5 Å². The minimum absolute atomic E-state index is 0.136. The molecular formula is C28H29N5O4S. The van der Waals surface area contributed by atoms with Crippen LogP contribution in [0, 0.1) is 11.8 Å². The summed E-state index contributed by atoms with van der Waals surface area (Å²) in [6, 6.07) is 20.9. The van der Waals surface area contributed by atoms with Crippen molar-refractivity contribution in [1.82, 2.24) is 16.1 Å². The molecule has 0 aliphatic heterocycles. The van der Waals surface area contributed by atoms with Crippen LogP contribution in [0.3, 0.4) is 0 Å². The largest absolute Gasteiger partial charge is 0.339 e. The molecule has 10 heteroatoms. The molecule has 0 bridgehead atoms. The van der Waals surface area contributed by atoms with Gasteiger partial charge in [0.25, 0.3) is 11.8 Å². The predicted octanol–water partition coefficient (Wildman–Crippen LogP) is 2.10. The number of nitrogens with two attached hydrogens (primary N) is 1. The van der Waals surface area contributed by atoms with E-state index in [9.17, 15) is 14.4 Å². The molecule has 0 aromatic heterocycles. The van der Waals surface area contributed by atoms with Crippen molar-refractivity contribution in [3.63, 3.8) is 0 Å². The molecule has 0 aliphatic carbocycles. The Labute approximate surface area is 225 Å². The fourth-order valence-corrected chi connectivity index (χ4v) is 3.71. The third-order valence-corrected chi connectivity index (χ3v) is 6.15. The molecule has 0 heterocycles. The van der Waals surface area contributed by atoms with Crippen LogP contribution >= 0.6 is 11.8 Å². The Balaban J connectivity index is 1.47. The SMILES string of the molecule is CSc1ccc(CNCC(=O)Nc2ccc(C#Cc3ccc(C(=O)N[C@@H](CN)C(=O)NO)cc3)cc2)cc1. The van der Waals surface area contributed by atoms with E-state index in [-0.39, 0.29) is 19.0 Å². The molecule has 7 N–H and O–H groups in total. The fraction of sp³-hybridized carbons (Fsp3) is 0.179. The van der Waals surface area contributed by atoms with E-state index in [0.717, 1.165) is 11.1 Å². The minimum atomic E-state index is -1.04. The van der Waals surface area contributed by atoms with Gasteiger partial charge < -0.3 is 21.7 Å². The molecule has 0 spiro atoms. The third-order valence-electron chi connectivity index (χ3n) is 5.41. The zero-order valence-corrected chi connectivity index (χ0v) is 21.6. The molecule has 3 aromatic rings. The number of carbonyl (C=O) groups is 3. The van der Waals surface area contributed by atoms with Crippen molar-refractivity contribution in [2.24, 2.45) is 5.73 Å². The van der Waals surface area contributed by atoms with Crippen LogP contribution in [0.4, 0.5) is 5.69 Å². The Bertz CT molecular complexity index is 1300. The zero-order chi connectivity index (χ0) is 27.3. The summed E-state index contributed by atoms with van der Waals surface area (Å²) in [7, 11) is 0. The molecule has 0 aliphatic rings. The summed E-state index contributed by atoms with van der Waals surface area (Å²) in [4.78, 5) is 37.2. The van der Waals surface area contributed by atoms with Gasteiger partial charge in [0.05, 0.1) is 6.54 Å². The highest BCUT2D eigenvalue weighted by molar-refractivity contribution is 7.98. The second-order valence-corrected chi connectivity index (χ2v) is 9.02. The van der Waals surface area contributed by atoms with Crippen LogP contribution in [0.1, 0.15) is 27.0 Å². The highest BCUT2D eigenvalue weighted by Crippen LogP contribution is 2.14. The van der Waals surface area contributed by atoms with Crippen molar-refractivity contribution in [2.75, 3.05) is 24.7 Å². The number of nitrogens with one attached hydrogen (secondary N) is 4. The molecule has 9 nitrogen and oxygen atoms in total. The topological polar surface area (TPSA) is 146 Å². The van der Waals surface area contributed by atoms with Crippen molar-refractivity contribution < 1.29 is 19.6 Å². The molecule has 3 rings (SSSR count). The Hall–Kier alpha value is -4.14. The number of hydrogen-bond donors (Lipinski definition) is 6. The van der Waals surface area contributed by atoms with Gasteiger partial charge in [0.15, 0.2) is 0 Å². The number of thioether (sulfide) groups is 1. The van der Waals surface area contributed by atoms with Gasteiger partial charge in [-0.3, -0.25) is 19.6 Å². The van der Waals surface area contributed by atoms with E-state index in [1.54, 1.807) is 48.2 Å². The van der Waals surface area contributed by atoms with Crippen LogP contribution in [-0.2, 0) is 16.1 Å². The number of benzene rings is 3. The first kappa shape index (κ1) is 28.4. The molecule has 0 radical (unpaired) electrons. The normalized spacial score (nSPS) is 11.0. The van der Waals surface area contributed by atoms with Crippen molar-refractivity contribution >= 4 is 35.2 Å². The second-order valence-electron chi connectivity index (χ2n) is 8.14. The van der Waals surface area contributed by atoms with E-state index >= 15 is 0 Å². The summed E-state index contributed by atoms with van der Waals surface area (Å²) in [6.07, 6.45) is 2.03. The van der Waals surface area contributed by atoms with Gasteiger partial charge in [0.2, 0.25) is 5.91 Å². The number of anilines is 1. The zero-order valence-electron chi connectivity index (χ0n) is 20.8. The number of amides is 3. The summed E-state index contributed by atoms with van der Waals surface area (Å²) < 4.78 is 0. The Morgan fingerprint density at radius 3 is 2.08 bits per heavy atom. The second kappa shape index (κ2) is 14.6. The van der Waals surface area contributed by atoms with Gasteiger partial charge in [0, 0.05) is 40.4 Å². The first-order chi connectivity index (χ1) is 18.4. The average Bonchev–Trinajstić information content (AvgIpc) is 2.95. The molecule has 196 valence electrons. The van der Waals surface area contributed by atoms with E-state index in [1.165, 1.54) is 10.4 Å². The van der Waals surface area contributed by atoms with Gasteiger partial charge >= 0.3 is 0 Å².